The quantitative estimate of drug-likeness (QED) is 0.909. The molecule has 2 aromatic rings. The molecule has 106 valence electrons. The fourth-order valence-electron chi connectivity index (χ4n) is 1.81. The summed E-state index contributed by atoms with van der Waals surface area (Å²) in [5, 5.41) is 6.12. The van der Waals surface area contributed by atoms with Crippen LogP contribution in [-0.2, 0) is 6.54 Å². The number of amides is 2. The van der Waals surface area contributed by atoms with Crippen LogP contribution in [-0.4, -0.2) is 20.1 Å². The number of furan rings is 1. The fraction of sp³-hybridized carbons (Fsp3) is 0.214. The highest BCUT2D eigenvalue weighted by molar-refractivity contribution is 6.34. The maximum absolute atomic E-state index is 11.9. The van der Waals surface area contributed by atoms with Crippen LogP contribution >= 0.6 is 11.6 Å². The maximum Gasteiger partial charge on any atom is 0.319 e. The van der Waals surface area contributed by atoms with E-state index in [4.69, 9.17) is 16.0 Å². The zero-order valence-electron chi connectivity index (χ0n) is 11.3. The summed E-state index contributed by atoms with van der Waals surface area (Å²) in [7, 11) is 3.74. The predicted octanol–water partition coefficient (Wildman–Crippen LogP) is 3.32. The van der Waals surface area contributed by atoms with Gasteiger partial charge in [0.25, 0.3) is 0 Å². The van der Waals surface area contributed by atoms with Crippen molar-refractivity contribution in [2.24, 2.45) is 0 Å². The van der Waals surface area contributed by atoms with Crippen molar-refractivity contribution in [1.29, 1.82) is 0 Å². The van der Waals surface area contributed by atoms with E-state index in [1.165, 1.54) is 0 Å². The van der Waals surface area contributed by atoms with Crippen LogP contribution in [0.2, 0.25) is 5.02 Å². The summed E-state index contributed by atoms with van der Waals surface area (Å²) < 4.78 is 4.94. The second kappa shape index (κ2) is 6.34. The van der Waals surface area contributed by atoms with Crippen molar-refractivity contribution in [2.45, 2.75) is 6.54 Å². The van der Waals surface area contributed by atoms with Crippen LogP contribution in [0.5, 0.6) is 0 Å². The van der Waals surface area contributed by atoms with E-state index < -0.39 is 0 Å². The van der Waals surface area contributed by atoms with E-state index in [2.05, 4.69) is 10.6 Å². The lowest BCUT2D eigenvalue weighted by molar-refractivity contribution is 0.251. The van der Waals surface area contributed by atoms with Gasteiger partial charge in [-0.1, -0.05) is 17.7 Å². The molecule has 20 heavy (non-hydrogen) atoms. The Labute approximate surface area is 122 Å². The molecular weight excluding hydrogens is 278 g/mol. The van der Waals surface area contributed by atoms with E-state index in [1.54, 1.807) is 36.8 Å². The van der Waals surface area contributed by atoms with Crippen LogP contribution in [0.4, 0.5) is 16.2 Å². The van der Waals surface area contributed by atoms with Crippen molar-refractivity contribution in [2.75, 3.05) is 24.3 Å². The number of para-hydroxylation sites is 1. The Morgan fingerprint density at radius 3 is 2.80 bits per heavy atom. The molecule has 1 heterocycles. The molecule has 2 rings (SSSR count). The van der Waals surface area contributed by atoms with Crippen LogP contribution in [0.1, 0.15) is 5.56 Å². The van der Waals surface area contributed by atoms with Gasteiger partial charge in [-0.3, -0.25) is 0 Å². The van der Waals surface area contributed by atoms with Gasteiger partial charge in [0.05, 0.1) is 28.9 Å². The van der Waals surface area contributed by atoms with E-state index >= 15 is 0 Å². The van der Waals surface area contributed by atoms with Crippen molar-refractivity contribution >= 4 is 29.0 Å². The van der Waals surface area contributed by atoms with Crippen molar-refractivity contribution < 1.29 is 9.21 Å². The molecule has 0 atom stereocenters. The number of nitrogens with zero attached hydrogens (tertiary/aromatic N) is 1. The summed E-state index contributed by atoms with van der Waals surface area (Å²) in [6, 6.07) is 6.88. The summed E-state index contributed by atoms with van der Waals surface area (Å²) in [5.41, 5.74) is 2.33. The molecule has 0 fully saturated rings. The van der Waals surface area contributed by atoms with E-state index in [0.29, 0.717) is 17.3 Å². The predicted molar refractivity (Wildman–Crippen MR) is 80.3 cm³/mol. The molecule has 0 unspecified atom stereocenters. The second-order valence-electron chi connectivity index (χ2n) is 4.47. The van der Waals surface area contributed by atoms with Gasteiger partial charge in [0.15, 0.2) is 0 Å². The first-order valence-corrected chi connectivity index (χ1v) is 6.47. The van der Waals surface area contributed by atoms with Crippen LogP contribution in [0.15, 0.2) is 41.2 Å². The third-order valence-electron chi connectivity index (χ3n) is 2.72. The molecule has 1 aromatic heterocycles. The van der Waals surface area contributed by atoms with Crippen LogP contribution in [0.3, 0.4) is 0 Å². The largest absolute Gasteiger partial charge is 0.472 e. The molecule has 0 aliphatic carbocycles. The zero-order valence-corrected chi connectivity index (χ0v) is 12.1. The van der Waals surface area contributed by atoms with Crippen molar-refractivity contribution in [1.82, 2.24) is 5.32 Å². The average molecular weight is 294 g/mol. The third-order valence-corrected chi connectivity index (χ3v) is 3.02. The Hall–Kier alpha value is -2.14. The van der Waals surface area contributed by atoms with Gasteiger partial charge in [-0.15, -0.1) is 0 Å². The van der Waals surface area contributed by atoms with Crippen molar-refractivity contribution in [3.63, 3.8) is 0 Å². The lowest BCUT2D eigenvalue weighted by Gasteiger charge is -2.19. The Balaban J connectivity index is 2.02. The smallest absolute Gasteiger partial charge is 0.319 e. The number of hydrogen-bond acceptors (Lipinski definition) is 3. The molecule has 0 bridgehead atoms. The highest BCUT2D eigenvalue weighted by atomic mass is 35.5. The van der Waals surface area contributed by atoms with Crippen molar-refractivity contribution in [3.8, 4) is 0 Å². The monoisotopic (exact) mass is 293 g/mol. The number of hydrogen-bond donors (Lipinski definition) is 2. The molecule has 0 saturated heterocycles. The summed E-state index contributed by atoms with van der Waals surface area (Å²) in [4.78, 5) is 13.7. The lowest BCUT2D eigenvalue weighted by Crippen LogP contribution is -2.28. The Kier molecular flexibility index (Phi) is 4.53. The molecule has 2 N–H and O–H groups in total. The molecule has 0 aliphatic rings. The van der Waals surface area contributed by atoms with Gasteiger partial charge >= 0.3 is 6.03 Å². The normalized spacial score (nSPS) is 10.2. The van der Waals surface area contributed by atoms with Gasteiger partial charge in [-0.2, -0.15) is 0 Å². The van der Waals surface area contributed by atoms with Gasteiger partial charge in [0, 0.05) is 26.2 Å². The Morgan fingerprint density at radius 1 is 1.35 bits per heavy atom. The molecule has 5 nitrogen and oxygen atoms in total. The number of halogens is 1. The first kappa shape index (κ1) is 14.3. The molecule has 0 aliphatic heterocycles. The molecule has 0 saturated carbocycles. The number of rotatable bonds is 4. The average Bonchev–Trinajstić information content (AvgIpc) is 2.89. The van der Waals surface area contributed by atoms with Crippen LogP contribution in [0.25, 0.3) is 0 Å². The minimum Gasteiger partial charge on any atom is -0.472 e. The standard InChI is InChI=1S/C14H16ClN3O2/c1-18(2)13-11(15)4-3-5-12(13)17-14(19)16-8-10-6-7-20-9-10/h3-7,9H,8H2,1-2H3,(H2,16,17,19). The number of urea groups is 1. The van der Waals surface area contributed by atoms with E-state index in [-0.39, 0.29) is 6.03 Å². The fourth-order valence-corrected chi connectivity index (χ4v) is 2.16. The van der Waals surface area contributed by atoms with E-state index in [0.717, 1.165) is 11.3 Å². The highest BCUT2D eigenvalue weighted by Gasteiger charge is 2.11. The van der Waals surface area contributed by atoms with Crippen LogP contribution < -0.4 is 15.5 Å². The summed E-state index contributed by atoms with van der Waals surface area (Å²) >= 11 is 6.14. The summed E-state index contributed by atoms with van der Waals surface area (Å²) in [6.45, 7) is 0.403. The minimum atomic E-state index is -0.295. The molecule has 0 radical (unpaired) electrons. The molecule has 6 heteroatoms. The number of benzene rings is 1. The summed E-state index contributed by atoms with van der Waals surface area (Å²) in [6.07, 6.45) is 3.15. The van der Waals surface area contributed by atoms with E-state index in [9.17, 15) is 4.79 Å². The van der Waals surface area contributed by atoms with Crippen LogP contribution in [0, 0.1) is 0 Å². The van der Waals surface area contributed by atoms with Gasteiger partial charge in [-0.05, 0) is 18.2 Å². The minimum absolute atomic E-state index is 0.295. The Bertz CT molecular complexity index is 582. The number of anilines is 2. The number of carbonyl (C=O) groups excluding carboxylic acids is 1. The van der Waals surface area contributed by atoms with E-state index in [1.807, 2.05) is 19.0 Å². The third kappa shape index (κ3) is 3.45. The second-order valence-corrected chi connectivity index (χ2v) is 4.88. The maximum atomic E-state index is 11.9. The molecule has 0 spiro atoms. The lowest BCUT2D eigenvalue weighted by atomic mass is 10.2. The van der Waals surface area contributed by atoms with Gasteiger partial charge < -0.3 is 20.0 Å². The first-order chi connectivity index (χ1) is 9.58. The molecule has 1 aromatic carbocycles. The van der Waals surface area contributed by atoms with Gasteiger partial charge in [0.2, 0.25) is 0 Å². The zero-order chi connectivity index (χ0) is 14.5. The topological polar surface area (TPSA) is 57.5 Å². The number of nitrogens with one attached hydrogen (secondary N) is 2. The Morgan fingerprint density at radius 2 is 2.15 bits per heavy atom. The highest BCUT2D eigenvalue weighted by Crippen LogP contribution is 2.32. The summed E-state index contributed by atoms with van der Waals surface area (Å²) in [5.74, 6) is 0. The SMILES string of the molecule is CN(C)c1c(Cl)cccc1NC(=O)NCc1ccoc1. The van der Waals surface area contributed by atoms with Crippen molar-refractivity contribution in [3.05, 3.63) is 47.4 Å². The first-order valence-electron chi connectivity index (χ1n) is 6.09. The van der Waals surface area contributed by atoms with Gasteiger partial charge in [0.1, 0.15) is 0 Å². The number of carbonyl (C=O) groups is 1. The molecular formula is C14H16ClN3O2. The molecule has 2 amide bonds. The van der Waals surface area contributed by atoms with Gasteiger partial charge in [-0.25, -0.2) is 4.79 Å².